The van der Waals surface area contributed by atoms with E-state index in [1.165, 1.54) is 12.8 Å². The summed E-state index contributed by atoms with van der Waals surface area (Å²) in [5, 5.41) is 0.443. The van der Waals surface area contributed by atoms with Gasteiger partial charge in [-0.15, -0.1) is 0 Å². The highest BCUT2D eigenvalue weighted by Gasteiger charge is 2.04. The molecule has 0 aromatic carbocycles. The van der Waals surface area contributed by atoms with Gasteiger partial charge in [-0.25, -0.2) is 0 Å². The van der Waals surface area contributed by atoms with Crippen LogP contribution in [0.3, 0.4) is 0 Å². The van der Waals surface area contributed by atoms with Gasteiger partial charge in [-0.1, -0.05) is 26.2 Å². The van der Waals surface area contributed by atoms with E-state index in [9.17, 15) is 4.79 Å². The van der Waals surface area contributed by atoms with Crippen molar-refractivity contribution in [3.63, 3.8) is 0 Å². The number of hydrogen-bond acceptors (Lipinski definition) is 3. The maximum atomic E-state index is 11.4. The Bertz CT molecular complexity index is 217. The first kappa shape index (κ1) is 15.4. The highest BCUT2D eigenvalue weighted by molar-refractivity contribution is 7.80. The fourth-order valence-corrected chi connectivity index (χ4v) is 1.34. The zero-order chi connectivity index (χ0) is 12.4. The molecule has 0 radical (unpaired) electrons. The van der Waals surface area contributed by atoms with E-state index in [0.717, 1.165) is 12.8 Å². The molecule has 4 heteroatoms. The van der Waals surface area contributed by atoms with Gasteiger partial charge in [0.15, 0.2) is 0 Å². The Kier molecular flexibility index (Phi) is 9.19. The first-order valence-electron chi connectivity index (χ1n) is 5.93. The summed E-state index contributed by atoms with van der Waals surface area (Å²) in [7, 11) is 3.66. The number of ketones is 1. The minimum atomic E-state index is 0.276. The number of ether oxygens (including phenoxy) is 1. The van der Waals surface area contributed by atoms with Crippen molar-refractivity contribution in [3.05, 3.63) is 0 Å². The molecule has 0 N–H and O–H groups in total. The fraction of sp³-hybridized carbons (Fsp3) is 0.833. The number of carbonyl (C=O) groups excluding carboxylic acids is 1. The molecule has 0 aliphatic heterocycles. The average molecular weight is 245 g/mol. The minimum absolute atomic E-state index is 0.276. The van der Waals surface area contributed by atoms with Crippen molar-refractivity contribution in [3.8, 4) is 0 Å². The Morgan fingerprint density at radius 3 is 2.44 bits per heavy atom. The summed E-state index contributed by atoms with van der Waals surface area (Å²) in [5.74, 6) is 0.276. The van der Waals surface area contributed by atoms with Gasteiger partial charge in [0.1, 0.15) is 5.78 Å². The lowest BCUT2D eigenvalue weighted by molar-refractivity contribution is -0.119. The number of unbranched alkanes of at least 4 members (excludes halogenated alkanes) is 3. The van der Waals surface area contributed by atoms with Crippen molar-refractivity contribution < 1.29 is 9.53 Å². The van der Waals surface area contributed by atoms with Gasteiger partial charge in [0, 0.05) is 26.9 Å². The SMILES string of the molecule is CCCCCCC(=O)CCOC(=S)N(C)C. The highest BCUT2D eigenvalue weighted by atomic mass is 32.1. The summed E-state index contributed by atoms with van der Waals surface area (Å²) >= 11 is 4.94. The second-order valence-electron chi connectivity index (χ2n) is 4.11. The predicted molar refractivity (Wildman–Crippen MR) is 70.6 cm³/mol. The van der Waals surface area contributed by atoms with Crippen LogP contribution in [-0.2, 0) is 9.53 Å². The van der Waals surface area contributed by atoms with Crippen molar-refractivity contribution in [1.82, 2.24) is 4.90 Å². The highest BCUT2D eigenvalue weighted by Crippen LogP contribution is 2.04. The van der Waals surface area contributed by atoms with Crippen LogP contribution in [0, 0.1) is 0 Å². The first-order valence-corrected chi connectivity index (χ1v) is 6.34. The molecule has 0 aromatic rings. The maximum Gasteiger partial charge on any atom is 0.258 e. The Balaban J connectivity index is 3.40. The Labute approximate surface area is 104 Å². The molecule has 0 aliphatic rings. The molecule has 0 unspecified atom stereocenters. The van der Waals surface area contributed by atoms with Crippen molar-refractivity contribution in [1.29, 1.82) is 0 Å². The van der Waals surface area contributed by atoms with E-state index in [0.29, 0.717) is 24.6 Å². The third kappa shape index (κ3) is 8.65. The summed E-state index contributed by atoms with van der Waals surface area (Å²) in [5.41, 5.74) is 0. The lowest BCUT2D eigenvalue weighted by Gasteiger charge is -2.13. The zero-order valence-electron chi connectivity index (χ0n) is 10.6. The largest absolute Gasteiger partial charge is 0.470 e. The first-order chi connectivity index (χ1) is 7.57. The predicted octanol–water partition coefficient (Wildman–Crippen LogP) is 2.78. The molecular weight excluding hydrogens is 222 g/mol. The van der Waals surface area contributed by atoms with E-state index in [1.54, 1.807) is 4.90 Å². The number of carbonyl (C=O) groups is 1. The lowest BCUT2D eigenvalue weighted by Crippen LogP contribution is -2.23. The van der Waals surface area contributed by atoms with Gasteiger partial charge in [0.05, 0.1) is 6.61 Å². The van der Waals surface area contributed by atoms with Crippen LogP contribution >= 0.6 is 12.2 Å². The molecule has 94 valence electrons. The topological polar surface area (TPSA) is 29.5 Å². The van der Waals surface area contributed by atoms with E-state index in [4.69, 9.17) is 17.0 Å². The summed E-state index contributed by atoms with van der Waals surface area (Å²) in [4.78, 5) is 13.1. The molecule has 0 aliphatic carbocycles. The molecule has 3 nitrogen and oxygen atoms in total. The van der Waals surface area contributed by atoms with Crippen LogP contribution in [0.4, 0.5) is 0 Å². The van der Waals surface area contributed by atoms with Gasteiger partial charge < -0.3 is 9.64 Å². The number of rotatable bonds is 8. The Morgan fingerprint density at radius 2 is 1.88 bits per heavy atom. The molecule has 0 fully saturated rings. The van der Waals surface area contributed by atoms with Gasteiger partial charge >= 0.3 is 0 Å². The van der Waals surface area contributed by atoms with E-state index in [2.05, 4.69) is 6.92 Å². The molecule has 0 amide bonds. The smallest absolute Gasteiger partial charge is 0.258 e. The van der Waals surface area contributed by atoms with Crippen LogP contribution in [0.25, 0.3) is 0 Å². The van der Waals surface area contributed by atoms with Crippen LogP contribution < -0.4 is 0 Å². The molecule has 0 aromatic heterocycles. The Morgan fingerprint density at radius 1 is 1.19 bits per heavy atom. The van der Waals surface area contributed by atoms with Crippen molar-refractivity contribution in [2.45, 2.75) is 45.4 Å². The van der Waals surface area contributed by atoms with Crippen LogP contribution in [0.15, 0.2) is 0 Å². The van der Waals surface area contributed by atoms with Crippen molar-refractivity contribution >= 4 is 23.2 Å². The Hall–Kier alpha value is -0.640. The fourth-order valence-electron chi connectivity index (χ4n) is 1.26. The monoisotopic (exact) mass is 245 g/mol. The molecule has 0 heterocycles. The summed E-state index contributed by atoms with van der Waals surface area (Å²) in [6.45, 7) is 2.57. The van der Waals surface area contributed by atoms with Crippen LogP contribution in [0.1, 0.15) is 45.4 Å². The van der Waals surface area contributed by atoms with E-state index < -0.39 is 0 Å². The molecule has 0 saturated carbocycles. The van der Waals surface area contributed by atoms with Crippen LogP contribution in [-0.4, -0.2) is 36.6 Å². The summed E-state index contributed by atoms with van der Waals surface area (Å²) in [6, 6.07) is 0. The molecule has 0 rings (SSSR count). The van der Waals surface area contributed by atoms with Crippen LogP contribution in [0.5, 0.6) is 0 Å². The van der Waals surface area contributed by atoms with Gasteiger partial charge in [-0.2, -0.15) is 0 Å². The van der Waals surface area contributed by atoms with Crippen LogP contribution in [0.2, 0.25) is 0 Å². The molecule has 0 spiro atoms. The van der Waals surface area contributed by atoms with E-state index in [1.807, 2.05) is 14.1 Å². The second kappa shape index (κ2) is 9.58. The van der Waals surface area contributed by atoms with Gasteiger partial charge in [-0.05, 0) is 18.6 Å². The van der Waals surface area contributed by atoms with Crippen molar-refractivity contribution in [2.24, 2.45) is 0 Å². The molecule has 0 saturated heterocycles. The second-order valence-corrected chi connectivity index (χ2v) is 4.46. The lowest BCUT2D eigenvalue weighted by atomic mass is 10.1. The molecule has 16 heavy (non-hydrogen) atoms. The van der Waals surface area contributed by atoms with E-state index >= 15 is 0 Å². The molecule has 0 atom stereocenters. The quantitative estimate of drug-likeness (QED) is 0.486. The minimum Gasteiger partial charge on any atom is -0.470 e. The molecule has 0 bridgehead atoms. The summed E-state index contributed by atoms with van der Waals surface area (Å²) in [6.07, 6.45) is 5.73. The van der Waals surface area contributed by atoms with Gasteiger partial charge in [-0.3, -0.25) is 4.79 Å². The number of hydrogen-bond donors (Lipinski definition) is 0. The molecular formula is C12H23NO2S. The maximum absolute atomic E-state index is 11.4. The standard InChI is InChI=1S/C12H23NO2S/c1-4-5-6-7-8-11(14)9-10-15-12(16)13(2)3/h4-10H2,1-3H3. The zero-order valence-corrected chi connectivity index (χ0v) is 11.4. The average Bonchev–Trinajstić information content (AvgIpc) is 2.24. The number of thiocarbonyl (C=S) groups is 1. The van der Waals surface area contributed by atoms with Gasteiger partial charge in [0.2, 0.25) is 0 Å². The third-order valence-electron chi connectivity index (χ3n) is 2.28. The van der Waals surface area contributed by atoms with Crippen molar-refractivity contribution in [2.75, 3.05) is 20.7 Å². The van der Waals surface area contributed by atoms with E-state index in [-0.39, 0.29) is 5.78 Å². The normalized spacial score (nSPS) is 9.94. The summed E-state index contributed by atoms with van der Waals surface area (Å²) < 4.78 is 5.24. The van der Waals surface area contributed by atoms with Gasteiger partial charge in [0.25, 0.3) is 5.17 Å². The number of nitrogens with zero attached hydrogens (tertiary/aromatic N) is 1. The third-order valence-corrected chi connectivity index (χ3v) is 2.76. The number of Topliss-reactive ketones (excluding diaryl/α,β-unsaturated/α-hetero) is 1.